The highest BCUT2D eigenvalue weighted by molar-refractivity contribution is 7.22. The van der Waals surface area contributed by atoms with E-state index in [0.29, 0.717) is 5.13 Å². The van der Waals surface area contributed by atoms with Gasteiger partial charge in [0.15, 0.2) is 5.13 Å². The van der Waals surface area contributed by atoms with Gasteiger partial charge in [-0.3, -0.25) is 4.79 Å². The van der Waals surface area contributed by atoms with E-state index >= 15 is 0 Å². The van der Waals surface area contributed by atoms with Crippen molar-refractivity contribution in [2.45, 2.75) is 6.92 Å². The first-order valence-electron chi connectivity index (χ1n) is 6.13. The van der Waals surface area contributed by atoms with Crippen molar-refractivity contribution in [3.8, 4) is 0 Å². The number of anilines is 1. The molecular formula is C13H15N3O3S. The van der Waals surface area contributed by atoms with E-state index in [2.05, 4.69) is 10.3 Å². The van der Waals surface area contributed by atoms with Gasteiger partial charge in [-0.05, 0) is 19.1 Å². The standard InChI is InChI=1S/C13H15N3O3S/c1-3-19-13(18)16(2)8-11(17)15-12-14-9-6-4-5-7-10(9)20-12/h4-7H,3,8H2,1-2H3,(H,14,15,17). The molecule has 0 radical (unpaired) electrons. The number of para-hydroxylation sites is 1. The van der Waals surface area contributed by atoms with Crippen LogP contribution >= 0.6 is 11.3 Å². The highest BCUT2D eigenvalue weighted by Crippen LogP contribution is 2.25. The van der Waals surface area contributed by atoms with E-state index in [-0.39, 0.29) is 19.1 Å². The van der Waals surface area contributed by atoms with Crippen molar-refractivity contribution in [1.82, 2.24) is 9.88 Å². The van der Waals surface area contributed by atoms with Crippen LogP contribution < -0.4 is 5.32 Å². The molecule has 0 atom stereocenters. The predicted molar refractivity (Wildman–Crippen MR) is 77.9 cm³/mol. The van der Waals surface area contributed by atoms with Crippen molar-refractivity contribution in [1.29, 1.82) is 0 Å². The van der Waals surface area contributed by atoms with E-state index in [1.54, 1.807) is 6.92 Å². The molecule has 0 fully saturated rings. The summed E-state index contributed by atoms with van der Waals surface area (Å²) in [7, 11) is 1.51. The lowest BCUT2D eigenvalue weighted by molar-refractivity contribution is -0.116. The summed E-state index contributed by atoms with van der Waals surface area (Å²) in [5.74, 6) is -0.306. The normalized spacial score (nSPS) is 10.3. The predicted octanol–water partition coefficient (Wildman–Crippen LogP) is 2.32. The smallest absolute Gasteiger partial charge is 0.409 e. The Kier molecular flexibility index (Phi) is 4.52. The molecule has 2 rings (SSSR count). The molecule has 0 spiro atoms. The maximum absolute atomic E-state index is 11.8. The van der Waals surface area contributed by atoms with Gasteiger partial charge in [-0.2, -0.15) is 0 Å². The maximum atomic E-state index is 11.8. The van der Waals surface area contributed by atoms with E-state index in [4.69, 9.17) is 4.74 Å². The Bertz CT molecular complexity index is 593. The van der Waals surface area contributed by atoms with Gasteiger partial charge in [-0.25, -0.2) is 9.78 Å². The van der Waals surface area contributed by atoms with Crippen LogP contribution in [0.15, 0.2) is 24.3 Å². The molecule has 0 aliphatic heterocycles. The van der Waals surface area contributed by atoms with Crippen LogP contribution in [0.1, 0.15) is 6.92 Å². The summed E-state index contributed by atoms with van der Waals surface area (Å²) >= 11 is 1.39. The van der Waals surface area contributed by atoms with Crippen molar-refractivity contribution >= 4 is 38.7 Å². The summed E-state index contributed by atoms with van der Waals surface area (Å²) in [5.41, 5.74) is 0.839. The quantitative estimate of drug-likeness (QED) is 0.939. The van der Waals surface area contributed by atoms with Crippen LogP contribution in [-0.2, 0) is 9.53 Å². The topological polar surface area (TPSA) is 71.5 Å². The molecule has 0 aliphatic rings. The van der Waals surface area contributed by atoms with Crippen LogP contribution in [0, 0.1) is 0 Å². The van der Waals surface area contributed by atoms with Crippen LogP contribution in [0.2, 0.25) is 0 Å². The lowest BCUT2D eigenvalue weighted by Gasteiger charge is -2.15. The average molecular weight is 293 g/mol. The fourth-order valence-corrected chi connectivity index (χ4v) is 2.48. The number of likely N-dealkylation sites (N-methyl/N-ethyl adjacent to an activating group) is 1. The number of carbonyl (C=O) groups excluding carboxylic acids is 2. The van der Waals surface area contributed by atoms with Gasteiger partial charge >= 0.3 is 6.09 Å². The second-order valence-electron chi connectivity index (χ2n) is 4.09. The molecule has 6 nitrogen and oxygen atoms in total. The number of fused-ring (bicyclic) bond motifs is 1. The molecule has 7 heteroatoms. The van der Waals surface area contributed by atoms with Crippen LogP contribution in [0.4, 0.5) is 9.93 Å². The highest BCUT2D eigenvalue weighted by Gasteiger charge is 2.14. The number of hydrogen-bond acceptors (Lipinski definition) is 5. The minimum Gasteiger partial charge on any atom is -0.450 e. The molecular weight excluding hydrogens is 278 g/mol. The van der Waals surface area contributed by atoms with Crippen molar-refractivity contribution in [3.05, 3.63) is 24.3 Å². The van der Waals surface area contributed by atoms with E-state index in [1.165, 1.54) is 23.3 Å². The van der Waals surface area contributed by atoms with E-state index in [1.807, 2.05) is 24.3 Å². The fourth-order valence-electron chi connectivity index (χ4n) is 1.60. The summed E-state index contributed by atoms with van der Waals surface area (Å²) in [5, 5.41) is 3.20. The van der Waals surface area contributed by atoms with Gasteiger partial charge in [0.25, 0.3) is 0 Å². The van der Waals surface area contributed by atoms with E-state index < -0.39 is 6.09 Å². The third-order valence-corrected chi connectivity index (χ3v) is 3.45. The van der Waals surface area contributed by atoms with Crippen molar-refractivity contribution in [2.75, 3.05) is 25.5 Å². The molecule has 0 aliphatic carbocycles. The zero-order valence-corrected chi connectivity index (χ0v) is 12.1. The Labute approximate surface area is 120 Å². The zero-order valence-electron chi connectivity index (χ0n) is 11.3. The summed E-state index contributed by atoms with van der Waals surface area (Å²) in [4.78, 5) is 28.7. The number of amides is 2. The first-order valence-corrected chi connectivity index (χ1v) is 6.95. The lowest BCUT2D eigenvalue weighted by Crippen LogP contribution is -2.35. The van der Waals surface area contributed by atoms with Gasteiger partial charge in [0, 0.05) is 7.05 Å². The van der Waals surface area contributed by atoms with Crippen LogP contribution in [-0.4, -0.2) is 42.1 Å². The largest absolute Gasteiger partial charge is 0.450 e. The molecule has 2 amide bonds. The lowest BCUT2D eigenvalue weighted by atomic mass is 10.3. The molecule has 1 aromatic carbocycles. The van der Waals surface area contributed by atoms with Crippen molar-refractivity contribution in [3.63, 3.8) is 0 Å². The number of benzene rings is 1. The second-order valence-corrected chi connectivity index (χ2v) is 5.12. The number of aromatic nitrogens is 1. The van der Waals surface area contributed by atoms with Crippen LogP contribution in [0.3, 0.4) is 0 Å². The molecule has 1 aromatic heterocycles. The number of nitrogens with zero attached hydrogens (tertiary/aromatic N) is 2. The second kappa shape index (κ2) is 6.33. The minimum absolute atomic E-state index is 0.0746. The third-order valence-electron chi connectivity index (χ3n) is 2.50. The zero-order chi connectivity index (χ0) is 14.5. The highest BCUT2D eigenvalue weighted by atomic mass is 32.1. The number of carbonyl (C=O) groups is 2. The van der Waals surface area contributed by atoms with E-state index in [0.717, 1.165) is 10.2 Å². The SMILES string of the molecule is CCOC(=O)N(C)CC(=O)Nc1nc2ccccc2s1. The van der Waals surface area contributed by atoms with Gasteiger partial charge in [-0.1, -0.05) is 23.5 Å². The van der Waals surface area contributed by atoms with Crippen LogP contribution in [0.25, 0.3) is 10.2 Å². The molecule has 0 saturated carbocycles. The molecule has 0 saturated heterocycles. The molecule has 1 heterocycles. The minimum atomic E-state index is -0.521. The monoisotopic (exact) mass is 293 g/mol. The van der Waals surface area contributed by atoms with Gasteiger partial charge in [0.2, 0.25) is 5.91 Å². The summed E-state index contributed by atoms with van der Waals surface area (Å²) < 4.78 is 5.80. The Morgan fingerprint density at radius 3 is 2.85 bits per heavy atom. The van der Waals surface area contributed by atoms with Gasteiger partial charge in [0.1, 0.15) is 6.54 Å². The molecule has 20 heavy (non-hydrogen) atoms. The summed E-state index contributed by atoms with van der Waals surface area (Å²) in [6.45, 7) is 1.92. The molecule has 0 unspecified atom stereocenters. The van der Waals surface area contributed by atoms with Gasteiger partial charge in [-0.15, -0.1) is 0 Å². The van der Waals surface area contributed by atoms with Crippen LogP contribution in [0.5, 0.6) is 0 Å². The molecule has 1 N–H and O–H groups in total. The fraction of sp³-hybridized carbons (Fsp3) is 0.308. The summed E-state index contributed by atoms with van der Waals surface area (Å²) in [6.07, 6.45) is -0.521. The van der Waals surface area contributed by atoms with Crippen molar-refractivity contribution in [2.24, 2.45) is 0 Å². The number of nitrogens with one attached hydrogen (secondary N) is 1. The average Bonchev–Trinajstić information content (AvgIpc) is 2.80. The first-order chi connectivity index (χ1) is 9.60. The van der Waals surface area contributed by atoms with E-state index in [9.17, 15) is 9.59 Å². The molecule has 2 aromatic rings. The Morgan fingerprint density at radius 2 is 2.15 bits per heavy atom. The number of hydrogen-bond donors (Lipinski definition) is 1. The molecule has 0 bridgehead atoms. The first kappa shape index (κ1) is 14.3. The van der Waals surface area contributed by atoms with Gasteiger partial charge in [0.05, 0.1) is 16.8 Å². The Morgan fingerprint density at radius 1 is 1.40 bits per heavy atom. The Balaban J connectivity index is 1.95. The third kappa shape index (κ3) is 3.45. The number of thiazole rings is 1. The molecule has 106 valence electrons. The Hall–Kier alpha value is -2.15. The number of rotatable bonds is 4. The van der Waals surface area contributed by atoms with Crippen molar-refractivity contribution < 1.29 is 14.3 Å². The maximum Gasteiger partial charge on any atom is 0.409 e. The number of ether oxygens (including phenoxy) is 1. The van der Waals surface area contributed by atoms with Gasteiger partial charge < -0.3 is 15.0 Å². The summed E-state index contributed by atoms with van der Waals surface area (Å²) in [6, 6.07) is 7.63.